The van der Waals surface area contributed by atoms with E-state index in [9.17, 15) is 22.8 Å². The van der Waals surface area contributed by atoms with Crippen LogP contribution < -0.4 is 10.6 Å². The minimum absolute atomic E-state index is 0.000471. The first kappa shape index (κ1) is 33.7. The standard InChI is InChI=1S/C35H36F3N11O2/c1-34(2,19-49-29(25-15-40-41-16-25)12-30(45-49)35(36,37)38)44-33(51)28(9-20-13-42-47(3)17-20)43-32(50)27-11-26(27)22-7-5-21(6-8-22)23-10-24-18-48(4)46-31(24)39-14-23/h5-8,10,12-18,26-28H,9,11,19H2,1-4H3,(H,40,41)(H,43,50)(H,44,51)/t26-,27+,28-/m1/s1. The van der Waals surface area contributed by atoms with Crippen LogP contribution in [-0.4, -0.2) is 67.9 Å². The van der Waals surface area contributed by atoms with Crippen molar-refractivity contribution >= 4 is 22.8 Å². The molecule has 2 amide bonds. The molecule has 3 atom stereocenters. The van der Waals surface area contributed by atoms with E-state index in [2.05, 4.69) is 41.1 Å². The van der Waals surface area contributed by atoms with Crippen molar-refractivity contribution in [3.63, 3.8) is 0 Å². The SMILES string of the molecule is Cn1cc(C[C@@H](NC(=O)[C@H]2C[C@@H]2c2ccc(-c3cnc4nn(C)cc4c3)cc2)C(=O)NC(C)(C)Cn2nc(C(F)(F)F)cc2-c2cn[nH]c2)cn1. The zero-order chi connectivity index (χ0) is 36.1. The molecule has 264 valence electrons. The molecule has 0 spiro atoms. The Morgan fingerprint density at radius 3 is 2.45 bits per heavy atom. The van der Waals surface area contributed by atoms with Crippen LogP contribution in [0.2, 0.25) is 0 Å². The lowest BCUT2D eigenvalue weighted by Gasteiger charge is -2.29. The molecule has 0 bridgehead atoms. The van der Waals surface area contributed by atoms with Gasteiger partial charge < -0.3 is 10.6 Å². The first-order valence-corrected chi connectivity index (χ1v) is 16.4. The number of nitrogens with zero attached hydrogens (tertiary/aromatic N) is 8. The van der Waals surface area contributed by atoms with Crippen LogP contribution in [0.3, 0.4) is 0 Å². The number of hydrogen-bond acceptors (Lipinski definition) is 7. The van der Waals surface area contributed by atoms with Crippen LogP contribution in [0.1, 0.15) is 43.0 Å². The third kappa shape index (κ3) is 7.39. The van der Waals surface area contributed by atoms with Gasteiger partial charge in [0.2, 0.25) is 11.8 Å². The van der Waals surface area contributed by atoms with Crippen molar-refractivity contribution in [1.82, 2.24) is 55.2 Å². The van der Waals surface area contributed by atoms with E-state index in [0.717, 1.165) is 33.7 Å². The lowest BCUT2D eigenvalue weighted by molar-refractivity contribution is -0.141. The number of fused-ring (bicyclic) bond motifs is 1. The molecule has 0 aliphatic heterocycles. The second kappa shape index (κ2) is 12.8. The molecule has 5 heterocycles. The maximum Gasteiger partial charge on any atom is 0.435 e. The molecular weight excluding hydrogens is 663 g/mol. The largest absolute Gasteiger partial charge is 0.435 e. The topological polar surface area (TPSA) is 153 Å². The maximum absolute atomic E-state index is 13.8. The summed E-state index contributed by atoms with van der Waals surface area (Å²) in [5, 5.41) is 25.6. The zero-order valence-electron chi connectivity index (χ0n) is 28.3. The summed E-state index contributed by atoms with van der Waals surface area (Å²) in [7, 11) is 3.61. The van der Waals surface area contributed by atoms with E-state index >= 15 is 0 Å². The molecule has 0 radical (unpaired) electrons. The number of amides is 2. The predicted octanol–water partition coefficient (Wildman–Crippen LogP) is 4.40. The predicted molar refractivity (Wildman–Crippen MR) is 181 cm³/mol. The summed E-state index contributed by atoms with van der Waals surface area (Å²) in [6.45, 7) is 3.29. The molecule has 1 saturated carbocycles. The normalized spacial score (nSPS) is 16.7. The van der Waals surface area contributed by atoms with Gasteiger partial charge in [0, 0.05) is 67.7 Å². The molecule has 1 aliphatic carbocycles. The van der Waals surface area contributed by atoms with Gasteiger partial charge in [0.05, 0.1) is 30.2 Å². The molecule has 0 saturated heterocycles. The lowest BCUT2D eigenvalue weighted by Crippen LogP contribution is -2.55. The van der Waals surface area contributed by atoms with Crippen molar-refractivity contribution in [3.8, 4) is 22.4 Å². The summed E-state index contributed by atoms with van der Waals surface area (Å²) in [4.78, 5) is 31.9. The van der Waals surface area contributed by atoms with Crippen LogP contribution in [0.15, 0.2) is 73.6 Å². The highest BCUT2D eigenvalue weighted by Crippen LogP contribution is 2.48. The Hall–Kier alpha value is -5.80. The molecule has 7 rings (SSSR count). The van der Waals surface area contributed by atoms with Crippen LogP contribution in [-0.2, 0) is 42.8 Å². The zero-order valence-corrected chi connectivity index (χ0v) is 28.3. The monoisotopic (exact) mass is 699 g/mol. The Labute approximate surface area is 290 Å². The van der Waals surface area contributed by atoms with Crippen molar-refractivity contribution in [1.29, 1.82) is 0 Å². The minimum atomic E-state index is -4.66. The van der Waals surface area contributed by atoms with Gasteiger partial charge in [-0.05, 0) is 55.0 Å². The van der Waals surface area contributed by atoms with Crippen LogP contribution >= 0.6 is 0 Å². The van der Waals surface area contributed by atoms with Crippen molar-refractivity contribution in [2.24, 2.45) is 20.0 Å². The van der Waals surface area contributed by atoms with Crippen LogP contribution in [0.4, 0.5) is 13.2 Å². The van der Waals surface area contributed by atoms with Crippen molar-refractivity contribution in [2.45, 2.75) is 56.9 Å². The maximum atomic E-state index is 13.8. The first-order valence-electron chi connectivity index (χ1n) is 16.4. The Morgan fingerprint density at radius 1 is 0.980 bits per heavy atom. The van der Waals surface area contributed by atoms with Gasteiger partial charge >= 0.3 is 6.18 Å². The first-order chi connectivity index (χ1) is 24.2. The Morgan fingerprint density at radius 2 is 1.76 bits per heavy atom. The Kier molecular flexibility index (Phi) is 8.47. The highest BCUT2D eigenvalue weighted by Gasteiger charge is 2.45. The van der Waals surface area contributed by atoms with E-state index < -0.39 is 29.4 Å². The van der Waals surface area contributed by atoms with E-state index in [0.29, 0.717) is 17.6 Å². The van der Waals surface area contributed by atoms with Gasteiger partial charge in [-0.25, -0.2) is 4.98 Å². The number of hydrogen-bond donors (Lipinski definition) is 3. The number of H-pyrrole nitrogens is 1. The molecule has 1 aliphatic rings. The van der Waals surface area contributed by atoms with Crippen molar-refractivity contribution in [2.75, 3.05) is 0 Å². The number of aromatic nitrogens is 9. The van der Waals surface area contributed by atoms with Crippen LogP contribution in [0, 0.1) is 5.92 Å². The fourth-order valence-electron chi connectivity index (χ4n) is 6.40. The number of aryl methyl sites for hydroxylation is 2. The number of aromatic amines is 1. The van der Waals surface area contributed by atoms with Gasteiger partial charge in [-0.1, -0.05) is 24.3 Å². The Bertz CT molecular complexity index is 2200. The average Bonchev–Trinajstić information content (AvgIpc) is 3.47. The van der Waals surface area contributed by atoms with Gasteiger partial charge in [-0.15, -0.1) is 0 Å². The molecule has 5 aromatic heterocycles. The van der Waals surface area contributed by atoms with E-state index in [1.54, 1.807) is 48.8 Å². The van der Waals surface area contributed by atoms with Gasteiger partial charge in [0.15, 0.2) is 11.3 Å². The highest BCUT2D eigenvalue weighted by atomic mass is 19.4. The fraction of sp³-hybridized carbons (Fsp3) is 0.343. The molecule has 6 aromatic rings. The minimum Gasteiger partial charge on any atom is -0.348 e. The molecule has 51 heavy (non-hydrogen) atoms. The second-order valence-electron chi connectivity index (χ2n) is 13.7. The molecule has 13 nitrogen and oxygen atoms in total. The van der Waals surface area contributed by atoms with Crippen molar-refractivity contribution in [3.05, 3.63) is 90.4 Å². The summed E-state index contributed by atoms with van der Waals surface area (Å²) in [6, 6.07) is 10.1. The smallest absolute Gasteiger partial charge is 0.348 e. The molecule has 3 N–H and O–H groups in total. The molecule has 0 unspecified atom stereocenters. The average molecular weight is 700 g/mol. The highest BCUT2D eigenvalue weighted by molar-refractivity contribution is 5.90. The van der Waals surface area contributed by atoms with Gasteiger partial charge in [0.25, 0.3) is 0 Å². The number of alkyl halides is 3. The van der Waals surface area contributed by atoms with Crippen LogP contribution in [0.5, 0.6) is 0 Å². The Balaban J connectivity index is 1.04. The van der Waals surface area contributed by atoms with E-state index in [1.807, 2.05) is 43.6 Å². The number of pyridine rings is 1. The number of benzene rings is 1. The van der Waals surface area contributed by atoms with Gasteiger partial charge in [0.1, 0.15) is 6.04 Å². The number of halogens is 3. The summed E-state index contributed by atoms with van der Waals surface area (Å²) in [5.74, 6) is -1.04. The van der Waals surface area contributed by atoms with Gasteiger partial charge in [-0.3, -0.25) is 28.7 Å². The summed E-state index contributed by atoms with van der Waals surface area (Å²) >= 11 is 0. The van der Waals surface area contributed by atoms with Crippen LogP contribution in [0.25, 0.3) is 33.4 Å². The molecular formula is C35H36F3N11O2. The third-order valence-electron chi connectivity index (χ3n) is 8.98. The van der Waals surface area contributed by atoms with E-state index in [4.69, 9.17) is 0 Å². The van der Waals surface area contributed by atoms with Gasteiger partial charge in [-0.2, -0.15) is 33.6 Å². The summed E-state index contributed by atoms with van der Waals surface area (Å²) in [5.41, 5.74) is 2.89. The number of rotatable bonds is 11. The third-order valence-corrected chi connectivity index (χ3v) is 8.98. The van der Waals surface area contributed by atoms with E-state index in [-0.39, 0.29) is 36.4 Å². The summed E-state index contributed by atoms with van der Waals surface area (Å²) in [6.07, 6.45) is 6.12. The van der Waals surface area contributed by atoms with Crippen molar-refractivity contribution < 1.29 is 22.8 Å². The fourth-order valence-corrected chi connectivity index (χ4v) is 6.40. The quantitative estimate of drug-likeness (QED) is 0.181. The second-order valence-corrected chi connectivity index (χ2v) is 13.7. The molecule has 1 fully saturated rings. The van der Waals surface area contributed by atoms with E-state index in [1.165, 1.54) is 17.1 Å². The molecule has 1 aromatic carbocycles. The lowest BCUT2D eigenvalue weighted by atomic mass is 10.0. The number of nitrogens with one attached hydrogen (secondary N) is 3. The summed E-state index contributed by atoms with van der Waals surface area (Å²) < 4.78 is 45.4. The molecule has 16 heteroatoms. The number of carbonyl (C=O) groups excluding carboxylic acids is 2. The number of carbonyl (C=O) groups is 2.